The molecule has 2 heterocycles. The molecule has 16 nitrogen and oxygen atoms in total. The van der Waals surface area contributed by atoms with Gasteiger partial charge in [-0.05, 0) is 278 Å². The van der Waals surface area contributed by atoms with Crippen molar-refractivity contribution in [1.29, 1.82) is 0 Å². The average molecular weight is 1500 g/mol. The van der Waals surface area contributed by atoms with E-state index >= 15 is 0 Å². The number of fused-ring (bicyclic) bond motifs is 9. The van der Waals surface area contributed by atoms with E-state index in [1.54, 1.807) is 47.5 Å². The monoisotopic (exact) mass is 1500 g/mol. The van der Waals surface area contributed by atoms with Crippen LogP contribution in [-0.4, -0.2) is 82.2 Å². The largest absolute Gasteiger partial charge is 0.462 e. The first-order valence-electron chi connectivity index (χ1n) is 42.7. The molecule has 0 radical (unpaired) electrons. The van der Waals surface area contributed by atoms with Crippen LogP contribution in [0.3, 0.4) is 0 Å². The molecule has 0 aromatic heterocycles. The van der Waals surface area contributed by atoms with Crippen LogP contribution in [0.1, 0.15) is 348 Å². The lowest BCUT2D eigenvalue weighted by Crippen LogP contribution is -2.39. The maximum Gasteiger partial charge on any atom is 0.317 e. The smallest absolute Gasteiger partial charge is 0.317 e. The zero-order chi connectivity index (χ0) is 80.8. The Labute approximate surface area is 645 Å². The maximum absolute atomic E-state index is 11.9. The van der Waals surface area contributed by atoms with Crippen molar-refractivity contribution >= 4 is 53.7 Å². The maximum atomic E-state index is 11.9. The SMILES string of the molecule is CC(=O)OC1CC2CC1C1CC(C)C(C)C21.CC1C(=O)OC(=O)C1C.CC1C(=O)OC(=O)C1C.CC1C2CCC(C2)C1C.CC1C2CCC(C2)C1C.CCC(C)C(=O)OC(C)(C)C.CCC(C)C(=O)OC(C)(C)C1CCC(C)CC1.CCC(C)C(=O)OC(C)(C)CC.CCC(C)C(=O)OC1(C)CCCCC1. The molecule has 11 rings (SSSR count). The molecule has 9 aliphatic carbocycles. The molecule has 11 aliphatic rings. The summed E-state index contributed by atoms with van der Waals surface area (Å²) < 4.78 is 35.9. The van der Waals surface area contributed by atoms with Gasteiger partial charge in [-0.2, -0.15) is 0 Å². The highest BCUT2D eigenvalue weighted by molar-refractivity contribution is 5.96. The van der Waals surface area contributed by atoms with Gasteiger partial charge in [0.15, 0.2) is 0 Å². The number of cyclic esters (lactones) is 4. The first kappa shape index (κ1) is 95.8. The van der Waals surface area contributed by atoms with Crippen molar-refractivity contribution in [2.75, 3.05) is 0 Å². The molecule has 614 valence electrons. The van der Waals surface area contributed by atoms with Gasteiger partial charge in [-0.1, -0.05) is 158 Å². The Hall–Kier alpha value is -4.37. The third-order valence-corrected chi connectivity index (χ3v) is 28.0. The molecule has 6 bridgehead atoms. The molecule has 0 aromatic carbocycles. The van der Waals surface area contributed by atoms with E-state index in [2.05, 4.69) is 78.7 Å². The molecule has 0 amide bonds. The number of carbonyl (C=O) groups is 9. The Bertz CT molecular complexity index is 2610. The number of hydrogen-bond acceptors (Lipinski definition) is 16. The molecule has 106 heavy (non-hydrogen) atoms. The van der Waals surface area contributed by atoms with Crippen molar-refractivity contribution in [2.45, 2.75) is 377 Å². The molecule has 23 atom stereocenters. The number of esters is 9. The van der Waals surface area contributed by atoms with Crippen LogP contribution in [0.4, 0.5) is 0 Å². The summed E-state index contributed by atoms with van der Waals surface area (Å²) in [5.74, 6) is 12.3. The normalized spacial score (nSPS) is 34.2. The van der Waals surface area contributed by atoms with E-state index in [1.807, 2.05) is 96.9 Å². The lowest BCUT2D eigenvalue weighted by Gasteiger charge is -2.38. The molecular formula is C90H158O16. The van der Waals surface area contributed by atoms with Crippen molar-refractivity contribution in [2.24, 2.45) is 142 Å². The summed E-state index contributed by atoms with van der Waals surface area (Å²) in [5.41, 5.74) is -1.11. The molecule has 0 spiro atoms. The van der Waals surface area contributed by atoms with Crippen LogP contribution >= 0.6 is 0 Å². The molecule has 2 saturated heterocycles. The third kappa shape index (κ3) is 29.1. The highest BCUT2D eigenvalue weighted by Crippen LogP contribution is 2.63. The van der Waals surface area contributed by atoms with E-state index in [0.29, 0.717) is 11.8 Å². The van der Waals surface area contributed by atoms with Gasteiger partial charge < -0.3 is 33.2 Å². The summed E-state index contributed by atoms with van der Waals surface area (Å²) in [6.07, 6.45) is 28.3. The summed E-state index contributed by atoms with van der Waals surface area (Å²) in [4.78, 5) is 99.3. The molecular weight excluding hydrogens is 1340 g/mol. The van der Waals surface area contributed by atoms with Crippen LogP contribution in [-0.2, 0) is 76.3 Å². The minimum absolute atomic E-state index is 0.0168. The fourth-order valence-electron chi connectivity index (χ4n) is 17.8. The minimum Gasteiger partial charge on any atom is -0.462 e. The van der Waals surface area contributed by atoms with E-state index in [0.717, 1.165) is 134 Å². The van der Waals surface area contributed by atoms with Gasteiger partial charge in [0.05, 0.1) is 47.3 Å². The van der Waals surface area contributed by atoms with Crippen LogP contribution in [0.5, 0.6) is 0 Å². The molecule has 0 N–H and O–H groups in total. The van der Waals surface area contributed by atoms with Gasteiger partial charge in [-0.15, -0.1) is 0 Å². The van der Waals surface area contributed by atoms with E-state index in [-0.39, 0.29) is 106 Å². The quantitative estimate of drug-likeness (QED) is 0.0897. The molecule has 11 fully saturated rings. The molecule has 9 saturated carbocycles. The van der Waals surface area contributed by atoms with Crippen LogP contribution < -0.4 is 0 Å². The van der Waals surface area contributed by atoms with Crippen molar-refractivity contribution < 1.29 is 76.3 Å². The Balaban J connectivity index is 0.000000312. The third-order valence-electron chi connectivity index (χ3n) is 28.0. The average Bonchev–Trinajstić information content (AvgIpc) is 1.58. The Kier molecular flexibility index (Phi) is 39.3. The van der Waals surface area contributed by atoms with Crippen LogP contribution in [0.15, 0.2) is 0 Å². The van der Waals surface area contributed by atoms with Crippen LogP contribution in [0.2, 0.25) is 0 Å². The predicted molar refractivity (Wildman–Crippen MR) is 422 cm³/mol. The highest BCUT2D eigenvalue weighted by atomic mass is 16.6. The second-order valence-electron chi connectivity index (χ2n) is 37.8. The standard InChI is InChI=1S/C15H28O2.C14H22O2.C12H22O2.C10H20O2.C9H18O2.2C9H16.2C6H8O3/c1-6-12(3)14(16)17-15(4,5)13-9-7-11(2)8-10-13;1-7-4-12-11-5-10(14(12)8(7)2)6-13(11)16-9(3)15;1-4-10(2)11(13)14-12(3)8-6-5-7-9-12;1-6-8(3)9(11)12-10(4,5)7-2;1-6-7(2)8(10)11-9(3,4)5;2*1-6-7(2)9-4-3-8(6)5-9;2*1-3-4(2)6(8)9-5(3)7/h11-13H,6-10H2,1-5H3;7-8,10-14H,4-6H2,1-3H3;10H,4-9H2,1-3H3;8H,6-7H2,1-5H3;7H,6H2,1-5H3;2*6-9H,3-5H2,1-2H3;2*3-4H,1-2H3. The second-order valence-corrected chi connectivity index (χ2v) is 37.8. The first-order chi connectivity index (χ1) is 49.1. The van der Waals surface area contributed by atoms with Crippen molar-refractivity contribution in [1.82, 2.24) is 0 Å². The number of hydrogen-bond donors (Lipinski definition) is 0. The fourth-order valence-corrected chi connectivity index (χ4v) is 17.8. The highest BCUT2D eigenvalue weighted by Gasteiger charge is 2.59. The zero-order valence-electron chi connectivity index (χ0n) is 72.7. The molecule has 16 heteroatoms. The van der Waals surface area contributed by atoms with Crippen molar-refractivity contribution in [3.8, 4) is 0 Å². The van der Waals surface area contributed by atoms with Crippen LogP contribution in [0.25, 0.3) is 0 Å². The number of carbonyl (C=O) groups excluding carboxylic acids is 9. The Morgan fingerprint density at radius 1 is 0.443 bits per heavy atom. The summed E-state index contributed by atoms with van der Waals surface area (Å²) in [7, 11) is 0. The van der Waals surface area contributed by atoms with Crippen molar-refractivity contribution in [3.63, 3.8) is 0 Å². The van der Waals surface area contributed by atoms with Gasteiger partial charge in [-0.25, -0.2) is 0 Å². The zero-order valence-corrected chi connectivity index (χ0v) is 72.7. The molecule has 23 unspecified atom stereocenters. The van der Waals surface area contributed by atoms with E-state index in [1.165, 1.54) is 83.5 Å². The van der Waals surface area contributed by atoms with E-state index in [9.17, 15) is 43.2 Å². The Morgan fingerprint density at radius 3 is 1.13 bits per heavy atom. The minimum atomic E-state index is -0.396. The van der Waals surface area contributed by atoms with E-state index in [4.69, 9.17) is 23.7 Å². The van der Waals surface area contributed by atoms with Crippen LogP contribution in [0, 0.1) is 142 Å². The number of ether oxygens (including phenoxy) is 7. The van der Waals surface area contributed by atoms with Gasteiger partial charge >= 0.3 is 53.7 Å². The molecule has 0 aromatic rings. The summed E-state index contributed by atoms with van der Waals surface area (Å²) >= 11 is 0. The van der Waals surface area contributed by atoms with Gasteiger partial charge in [0.2, 0.25) is 0 Å². The lowest BCUT2D eigenvalue weighted by atomic mass is 9.75. The lowest BCUT2D eigenvalue weighted by molar-refractivity contribution is -0.168. The Morgan fingerprint density at radius 2 is 0.811 bits per heavy atom. The molecule has 2 aliphatic heterocycles. The van der Waals surface area contributed by atoms with Gasteiger partial charge in [-0.3, -0.25) is 43.2 Å². The topological polar surface area (TPSA) is 218 Å². The number of rotatable bonds is 14. The van der Waals surface area contributed by atoms with Gasteiger partial charge in [0, 0.05) is 6.92 Å². The predicted octanol–water partition coefficient (Wildman–Crippen LogP) is 21.5. The fraction of sp³-hybridized carbons (Fsp3) is 0.900. The van der Waals surface area contributed by atoms with Gasteiger partial charge in [0.25, 0.3) is 0 Å². The van der Waals surface area contributed by atoms with E-state index < -0.39 is 23.9 Å². The summed E-state index contributed by atoms with van der Waals surface area (Å²) in [5, 5.41) is 0. The summed E-state index contributed by atoms with van der Waals surface area (Å²) in [6, 6.07) is 0. The second kappa shape index (κ2) is 43.4. The first-order valence-corrected chi connectivity index (χ1v) is 42.7. The van der Waals surface area contributed by atoms with Gasteiger partial charge in [0.1, 0.15) is 28.5 Å². The van der Waals surface area contributed by atoms with Crippen molar-refractivity contribution in [3.05, 3.63) is 0 Å². The summed E-state index contributed by atoms with van der Waals surface area (Å²) in [6.45, 7) is 58.7.